The summed E-state index contributed by atoms with van der Waals surface area (Å²) in [4.78, 5) is 4.61. The fourth-order valence-corrected chi connectivity index (χ4v) is 2.45. The lowest BCUT2D eigenvalue weighted by molar-refractivity contribution is 0.684. The molecule has 13 heavy (non-hydrogen) atoms. The first kappa shape index (κ1) is 9.08. The van der Waals surface area contributed by atoms with E-state index in [4.69, 9.17) is 16.7 Å². The van der Waals surface area contributed by atoms with E-state index in [1.165, 1.54) is 11.3 Å². The van der Waals surface area contributed by atoms with Gasteiger partial charge in [0.05, 0.1) is 15.1 Å². The summed E-state index contributed by atoms with van der Waals surface area (Å²) in [6.45, 7) is 0. The molecular weight excluding hydrogens is 228 g/mol. The number of aromatic nitrogens is 1. The molecule has 6 heteroatoms. The van der Waals surface area contributed by atoms with Crippen molar-refractivity contribution >= 4 is 44.1 Å². The number of benzene rings is 1. The van der Waals surface area contributed by atoms with Crippen LogP contribution in [0, 0.1) is 0 Å². The highest BCUT2D eigenvalue weighted by Crippen LogP contribution is 2.26. The molecule has 0 aliphatic rings. The second-order valence-corrected chi connectivity index (χ2v) is 5.07. The lowest BCUT2D eigenvalue weighted by Crippen LogP contribution is -2.01. The Kier molecular flexibility index (Phi) is 2.33. The number of nitrogens with two attached hydrogens (primary N) is 1. The zero-order chi connectivity index (χ0) is 9.42. The molecule has 0 amide bonds. The molecule has 0 fully saturated rings. The first-order chi connectivity index (χ1) is 6.16. The van der Waals surface area contributed by atoms with Crippen LogP contribution >= 0.6 is 22.9 Å². The number of hydrogen-bond donors (Lipinski definition) is 1. The molecule has 1 aromatic heterocycles. The molecule has 0 spiro atoms. The van der Waals surface area contributed by atoms with Gasteiger partial charge in [0.25, 0.3) is 0 Å². The van der Waals surface area contributed by atoms with E-state index < -0.39 is 11.0 Å². The topological polar surface area (TPSA) is 56.0 Å². The van der Waals surface area contributed by atoms with Crippen LogP contribution in [0.2, 0.25) is 4.47 Å². The molecule has 1 unspecified atom stereocenters. The number of fused-ring (bicyclic) bond motifs is 1. The van der Waals surface area contributed by atoms with Gasteiger partial charge in [0.15, 0.2) is 4.47 Å². The molecule has 0 aliphatic heterocycles. The zero-order valence-electron chi connectivity index (χ0n) is 6.36. The summed E-state index contributed by atoms with van der Waals surface area (Å²) in [5.41, 5.74) is 0.742. The minimum Gasteiger partial charge on any atom is -0.248 e. The Balaban J connectivity index is 2.67. The van der Waals surface area contributed by atoms with Crippen molar-refractivity contribution in [1.82, 2.24) is 4.98 Å². The third-order valence-corrected chi connectivity index (χ3v) is 3.42. The number of nitrogens with zero attached hydrogens (tertiary/aromatic N) is 1. The van der Waals surface area contributed by atoms with Gasteiger partial charge < -0.3 is 0 Å². The summed E-state index contributed by atoms with van der Waals surface area (Å²) in [6.07, 6.45) is 0. The molecule has 2 aromatic rings. The SMILES string of the molecule is NS(=O)c1ccc2sc(Cl)nc2c1. The van der Waals surface area contributed by atoms with Crippen molar-refractivity contribution in [2.45, 2.75) is 4.90 Å². The van der Waals surface area contributed by atoms with Gasteiger partial charge in [0.1, 0.15) is 11.0 Å². The maximum absolute atomic E-state index is 10.9. The van der Waals surface area contributed by atoms with Gasteiger partial charge in [-0.25, -0.2) is 14.3 Å². The minimum absolute atomic E-state index is 0.481. The third-order valence-electron chi connectivity index (χ3n) is 1.57. The van der Waals surface area contributed by atoms with E-state index >= 15 is 0 Å². The van der Waals surface area contributed by atoms with Crippen molar-refractivity contribution in [2.75, 3.05) is 0 Å². The largest absolute Gasteiger partial charge is 0.248 e. The molecule has 1 aromatic carbocycles. The molecule has 0 saturated carbocycles. The Morgan fingerprint density at radius 2 is 2.31 bits per heavy atom. The molecule has 0 radical (unpaired) electrons. The highest BCUT2D eigenvalue weighted by Gasteiger charge is 2.04. The van der Waals surface area contributed by atoms with Crippen LogP contribution in [0.4, 0.5) is 0 Å². The van der Waals surface area contributed by atoms with Crippen LogP contribution in [0.5, 0.6) is 0 Å². The Labute approximate surface area is 86.1 Å². The Bertz CT molecular complexity index is 482. The Morgan fingerprint density at radius 3 is 3.00 bits per heavy atom. The Hall–Kier alpha value is -0.490. The van der Waals surface area contributed by atoms with Gasteiger partial charge in [0.2, 0.25) is 0 Å². The summed E-state index contributed by atoms with van der Waals surface area (Å²) < 4.78 is 12.4. The first-order valence-corrected chi connectivity index (χ1v) is 5.80. The monoisotopic (exact) mass is 232 g/mol. The predicted molar refractivity (Wildman–Crippen MR) is 55.2 cm³/mol. The highest BCUT2D eigenvalue weighted by atomic mass is 35.5. The molecule has 2 rings (SSSR count). The summed E-state index contributed by atoms with van der Waals surface area (Å²) in [7, 11) is -1.45. The van der Waals surface area contributed by atoms with Gasteiger partial charge >= 0.3 is 0 Å². The van der Waals surface area contributed by atoms with Crippen LogP contribution in [0.25, 0.3) is 10.2 Å². The lowest BCUT2D eigenvalue weighted by atomic mass is 10.3. The van der Waals surface area contributed by atoms with Crippen LogP contribution in [0.3, 0.4) is 0 Å². The third kappa shape index (κ3) is 1.73. The average molecular weight is 233 g/mol. The number of thiazole rings is 1. The first-order valence-electron chi connectivity index (χ1n) is 3.39. The van der Waals surface area contributed by atoms with Crippen molar-refractivity contribution in [1.29, 1.82) is 0 Å². The van der Waals surface area contributed by atoms with Gasteiger partial charge in [-0.1, -0.05) is 11.6 Å². The smallest absolute Gasteiger partial charge is 0.184 e. The van der Waals surface area contributed by atoms with E-state index in [9.17, 15) is 4.21 Å². The quantitative estimate of drug-likeness (QED) is 0.817. The van der Waals surface area contributed by atoms with Crippen molar-refractivity contribution < 1.29 is 4.21 Å². The number of halogens is 1. The molecule has 0 bridgehead atoms. The van der Waals surface area contributed by atoms with Gasteiger partial charge in [-0.05, 0) is 18.2 Å². The predicted octanol–water partition coefficient (Wildman–Crippen LogP) is 1.93. The highest BCUT2D eigenvalue weighted by molar-refractivity contribution is 7.82. The van der Waals surface area contributed by atoms with Gasteiger partial charge in [-0.15, -0.1) is 11.3 Å². The van der Waals surface area contributed by atoms with E-state index in [1.54, 1.807) is 12.1 Å². The van der Waals surface area contributed by atoms with Gasteiger partial charge in [-0.3, -0.25) is 0 Å². The molecular formula is C7H5ClN2OS2. The van der Waals surface area contributed by atoms with E-state index in [-0.39, 0.29) is 0 Å². The summed E-state index contributed by atoms with van der Waals surface area (Å²) in [6, 6.07) is 5.22. The standard InChI is InChI=1S/C7H5ClN2OS2/c8-7-10-5-3-4(13(9)11)1-2-6(5)12-7/h1-3H,9H2. The molecule has 3 nitrogen and oxygen atoms in total. The van der Waals surface area contributed by atoms with Crippen molar-refractivity contribution in [3.63, 3.8) is 0 Å². The normalized spacial score (nSPS) is 13.4. The molecule has 0 saturated heterocycles. The van der Waals surface area contributed by atoms with Crippen LogP contribution in [0.1, 0.15) is 0 Å². The molecule has 1 heterocycles. The second kappa shape index (κ2) is 3.34. The number of rotatable bonds is 1. The van der Waals surface area contributed by atoms with E-state index in [0.29, 0.717) is 9.36 Å². The number of hydrogen-bond acceptors (Lipinski definition) is 3. The average Bonchev–Trinajstić information content (AvgIpc) is 2.42. The second-order valence-electron chi connectivity index (χ2n) is 2.39. The molecule has 0 aliphatic carbocycles. The van der Waals surface area contributed by atoms with Crippen LogP contribution in [-0.2, 0) is 11.0 Å². The summed E-state index contributed by atoms with van der Waals surface area (Å²) in [5, 5.41) is 5.23. The van der Waals surface area contributed by atoms with E-state index in [1.807, 2.05) is 6.07 Å². The van der Waals surface area contributed by atoms with Gasteiger partial charge in [-0.2, -0.15) is 0 Å². The van der Waals surface area contributed by atoms with Crippen LogP contribution < -0.4 is 5.14 Å². The summed E-state index contributed by atoms with van der Waals surface area (Å²) in [5.74, 6) is 0. The van der Waals surface area contributed by atoms with E-state index in [2.05, 4.69) is 4.98 Å². The molecule has 1 atom stereocenters. The van der Waals surface area contributed by atoms with Crippen molar-refractivity contribution in [3.8, 4) is 0 Å². The Morgan fingerprint density at radius 1 is 1.54 bits per heavy atom. The lowest BCUT2D eigenvalue weighted by Gasteiger charge is -1.93. The zero-order valence-corrected chi connectivity index (χ0v) is 8.75. The maximum Gasteiger partial charge on any atom is 0.184 e. The van der Waals surface area contributed by atoms with Crippen molar-refractivity contribution in [3.05, 3.63) is 22.7 Å². The molecule has 68 valence electrons. The molecule has 2 N–H and O–H groups in total. The van der Waals surface area contributed by atoms with Crippen LogP contribution in [0.15, 0.2) is 23.1 Å². The van der Waals surface area contributed by atoms with E-state index in [0.717, 1.165) is 10.2 Å². The van der Waals surface area contributed by atoms with Gasteiger partial charge in [0, 0.05) is 0 Å². The fraction of sp³-hybridized carbons (Fsp3) is 0. The summed E-state index contributed by atoms with van der Waals surface area (Å²) >= 11 is 7.10. The van der Waals surface area contributed by atoms with Crippen molar-refractivity contribution in [2.24, 2.45) is 5.14 Å². The minimum atomic E-state index is -1.45. The van der Waals surface area contributed by atoms with Crippen LogP contribution in [-0.4, -0.2) is 9.19 Å². The fourth-order valence-electron chi connectivity index (χ4n) is 1.00. The maximum atomic E-state index is 10.9.